The van der Waals surface area contributed by atoms with E-state index in [2.05, 4.69) is 5.32 Å². The summed E-state index contributed by atoms with van der Waals surface area (Å²) in [6.45, 7) is 2.11. The van der Waals surface area contributed by atoms with Crippen molar-refractivity contribution in [1.29, 1.82) is 0 Å². The van der Waals surface area contributed by atoms with Crippen molar-refractivity contribution in [3.05, 3.63) is 28.3 Å². The van der Waals surface area contributed by atoms with E-state index in [0.717, 1.165) is 31.7 Å². The normalized spacial score (nSPS) is 21.9. The maximum Gasteiger partial charge on any atom is 0.270 e. The van der Waals surface area contributed by atoms with Gasteiger partial charge >= 0.3 is 0 Å². The van der Waals surface area contributed by atoms with E-state index in [1.54, 1.807) is 0 Å². The van der Waals surface area contributed by atoms with Crippen molar-refractivity contribution in [2.75, 3.05) is 31.6 Å². The van der Waals surface area contributed by atoms with Gasteiger partial charge in [-0.25, -0.2) is 8.42 Å². The lowest BCUT2D eigenvalue weighted by atomic mass is 10.2. The van der Waals surface area contributed by atoms with Crippen molar-refractivity contribution in [1.82, 2.24) is 4.31 Å². The van der Waals surface area contributed by atoms with Gasteiger partial charge in [-0.05, 0) is 31.7 Å². The minimum Gasteiger partial charge on any atom is -0.381 e. The molecular weight excluding hydrogens is 334 g/mol. The van der Waals surface area contributed by atoms with E-state index in [1.807, 2.05) is 0 Å². The van der Waals surface area contributed by atoms with E-state index >= 15 is 0 Å². The van der Waals surface area contributed by atoms with Crippen LogP contribution in [0.4, 0.5) is 11.4 Å². The summed E-state index contributed by atoms with van der Waals surface area (Å²) in [7, 11) is -3.75. The summed E-state index contributed by atoms with van der Waals surface area (Å²) in [6, 6.07) is 3.93. The zero-order valence-corrected chi connectivity index (χ0v) is 14.1. The predicted molar refractivity (Wildman–Crippen MR) is 88.6 cm³/mol. The van der Waals surface area contributed by atoms with E-state index in [4.69, 9.17) is 4.74 Å². The van der Waals surface area contributed by atoms with Crippen molar-refractivity contribution in [2.45, 2.75) is 36.7 Å². The van der Waals surface area contributed by atoms with E-state index in [-0.39, 0.29) is 16.7 Å². The van der Waals surface area contributed by atoms with Crippen molar-refractivity contribution >= 4 is 21.4 Å². The molecule has 0 aliphatic carbocycles. The molecule has 0 saturated carbocycles. The number of nitro groups is 1. The third kappa shape index (κ3) is 3.52. The number of anilines is 1. The van der Waals surface area contributed by atoms with Gasteiger partial charge < -0.3 is 10.1 Å². The number of benzene rings is 1. The van der Waals surface area contributed by atoms with Gasteiger partial charge in [-0.2, -0.15) is 4.31 Å². The molecule has 2 fully saturated rings. The Balaban J connectivity index is 1.90. The molecule has 1 aromatic carbocycles. The lowest BCUT2D eigenvalue weighted by molar-refractivity contribution is -0.385. The second-order valence-corrected chi connectivity index (χ2v) is 7.97. The number of ether oxygens (including phenoxy) is 1. The minimum absolute atomic E-state index is 0.0309. The molecule has 24 heavy (non-hydrogen) atoms. The molecule has 0 bridgehead atoms. The molecule has 0 spiro atoms. The zero-order chi connectivity index (χ0) is 17.2. The molecule has 0 aromatic heterocycles. The van der Waals surface area contributed by atoms with Gasteiger partial charge in [-0.15, -0.1) is 0 Å². The molecule has 2 saturated heterocycles. The number of nitrogens with zero attached hydrogens (tertiary/aromatic N) is 2. The van der Waals surface area contributed by atoms with Crippen LogP contribution in [0, 0.1) is 10.1 Å². The number of hydrogen-bond donors (Lipinski definition) is 1. The SMILES string of the molecule is O=[N+]([O-])c1ccc(NC[C@@H]2CCCO2)c(S(=O)(=O)N2CCCC2)c1. The number of nitrogens with one attached hydrogen (secondary N) is 1. The Morgan fingerprint density at radius 2 is 2.04 bits per heavy atom. The second-order valence-electron chi connectivity index (χ2n) is 6.06. The van der Waals surface area contributed by atoms with Gasteiger partial charge in [0.1, 0.15) is 4.90 Å². The number of hydrogen-bond acceptors (Lipinski definition) is 6. The molecule has 9 heteroatoms. The minimum atomic E-state index is -3.75. The molecule has 8 nitrogen and oxygen atoms in total. The van der Waals surface area contributed by atoms with Crippen LogP contribution in [-0.2, 0) is 14.8 Å². The number of sulfonamides is 1. The van der Waals surface area contributed by atoms with Gasteiger partial charge in [0.15, 0.2) is 0 Å². The van der Waals surface area contributed by atoms with Gasteiger partial charge in [0.2, 0.25) is 10.0 Å². The summed E-state index contributed by atoms with van der Waals surface area (Å²) in [5, 5.41) is 14.1. The molecule has 3 rings (SSSR count). The third-order valence-electron chi connectivity index (χ3n) is 4.40. The third-order valence-corrected chi connectivity index (χ3v) is 6.34. The maximum absolute atomic E-state index is 12.9. The monoisotopic (exact) mass is 355 g/mol. The first-order valence-corrected chi connectivity index (χ1v) is 9.56. The molecule has 2 aliphatic rings. The maximum atomic E-state index is 12.9. The summed E-state index contributed by atoms with van der Waals surface area (Å²) < 4.78 is 32.6. The topological polar surface area (TPSA) is 102 Å². The summed E-state index contributed by atoms with van der Waals surface area (Å²) in [5.74, 6) is 0. The zero-order valence-electron chi connectivity index (χ0n) is 13.3. The van der Waals surface area contributed by atoms with Crippen molar-refractivity contribution in [3.8, 4) is 0 Å². The molecule has 132 valence electrons. The summed E-state index contributed by atoms with van der Waals surface area (Å²) in [5.41, 5.74) is 0.165. The standard InChI is InChI=1S/C15H21N3O5S/c19-18(20)12-5-6-14(16-11-13-4-3-9-23-13)15(10-12)24(21,22)17-7-1-2-8-17/h5-6,10,13,16H,1-4,7-9,11H2/t13-/m0/s1. The fourth-order valence-corrected chi connectivity index (χ4v) is 4.79. The second kappa shape index (κ2) is 7.04. The highest BCUT2D eigenvalue weighted by Gasteiger charge is 2.31. The molecule has 1 aromatic rings. The molecule has 2 aliphatic heterocycles. The predicted octanol–water partition coefficient (Wildman–Crippen LogP) is 1.97. The molecule has 0 unspecified atom stereocenters. The molecule has 1 N–H and O–H groups in total. The summed E-state index contributed by atoms with van der Waals surface area (Å²) >= 11 is 0. The molecule has 1 atom stereocenters. The first kappa shape index (κ1) is 17.1. The van der Waals surface area contributed by atoms with E-state index in [1.165, 1.54) is 16.4 Å². The van der Waals surface area contributed by atoms with Crippen LogP contribution in [0.2, 0.25) is 0 Å². The van der Waals surface area contributed by atoms with Crippen LogP contribution < -0.4 is 5.32 Å². The fourth-order valence-electron chi connectivity index (χ4n) is 3.08. The van der Waals surface area contributed by atoms with Crippen molar-refractivity contribution < 1.29 is 18.1 Å². The Morgan fingerprint density at radius 1 is 1.29 bits per heavy atom. The van der Waals surface area contributed by atoms with E-state index in [9.17, 15) is 18.5 Å². The first-order valence-electron chi connectivity index (χ1n) is 8.12. The van der Waals surface area contributed by atoms with E-state index < -0.39 is 14.9 Å². The smallest absolute Gasteiger partial charge is 0.270 e. The Hall–Kier alpha value is -1.71. The van der Waals surface area contributed by atoms with Crippen LogP contribution in [0.1, 0.15) is 25.7 Å². The van der Waals surface area contributed by atoms with Crippen LogP contribution in [0.5, 0.6) is 0 Å². The van der Waals surface area contributed by atoms with Crippen molar-refractivity contribution in [2.24, 2.45) is 0 Å². The summed E-state index contributed by atoms with van der Waals surface area (Å²) in [6.07, 6.45) is 3.59. The molecular formula is C15H21N3O5S. The van der Waals surface area contributed by atoms with Crippen LogP contribution in [0.3, 0.4) is 0 Å². The first-order chi connectivity index (χ1) is 11.5. The van der Waals surface area contributed by atoms with Gasteiger partial charge in [0.25, 0.3) is 5.69 Å². The average Bonchev–Trinajstić information content (AvgIpc) is 3.26. The number of non-ortho nitro benzene ring substituents is 1. The van der Waals surface area contributed by atoms with Gasteiger partial charge in [0.05, 0.1) is 16.7 Å². The Morgan fingerprint density at radius 3 is 2.67 bits per heavy atom. The van der Waals surface area contributed by atoms with Crippen molar-refractivity contribution in [3.63, 3.8) is 0 Å². The number of rotatable bonds is 6. The highest BCUT2D eigenvalue weighted by molar-refractivity contribution is 7.89. The van der Waals surface area contributed by atoms with Crippen LogP contribution in [0.15, 0.2) is 23.1 Å². The molecule has 0 radical (unpaired) electrons. The molecule has 2 heterocycles. The lowest BCUT2D eigenvalue weighted by Gasteiger charge is -2.19. The van der Waals surface area contributed by atoms with Crippen LogP contribution in [-0.4, -0.2) is 50.0 Å². The van der Waals surface area contributed by atoms with Gasteiger partial charge in [-0.1, -0.05) is 0 Å². The Kier molecular flexibility index (Phi) is 5.02. The number of nitro benzene ring substituents is 1. The van der Waals surface area contributed by atoms with Gasteiger partial charge in [-0.3, -0.25) is 10.1 Å². The fraction of sp³-hybridized carbons (Fsp3) is 0.600. The van der Waals surface area contributed by atoms with Crippen LogP contribution in [0.25, 0.3) is 0 Å². The highest BCUT2D eigenvalue weighted by Crippen LogP contribution is 2.31. The molecule has 0 amide bonds. The quantitative estimate of drug-likeness (QED) is 0.618. The largest absolute Gasteiger partial charge is 0.381 e. The van der Waals surface area contributed by atoms with Crippen LogP contribution >= 0.6 is 0 Å². The highest BCUT2D eigenvalue weighted by atomic mass is 32.2. The Bertz CT molecular complexity index is 710. The Labute approximate surface area is 141 Å². The van der Waals surface area contributed by atoms with Gasteiger partial charge in [0, 0.05) is 38.4 Å². The summed E-state index contributed by atoms with van der Waals surface area (Å²) in [4.78, 5) is 10.4. The average molecular weight is 355 g/mol. The lowest BCUT2D eigenvalue weighted by Crippen LogP contribution is -2.29. The van der Waals surface area contributed by atoms with E-state index in [0.29, 0.717) is 31.9 Å².